The summed E-state index contributed by atoms with van der Waals surface area (Å²) < 4.78 is 1.83. The quantitative estimate of drug-likeness (QED) is 0.582. The van der Waals surface area contributed by atoms with Gasteiger partial charge in [0.1, 0.15) is 5.82 Å². The van der Waals surface area contributed by atoms with Gasteiger partial charge in [0, 0.05) is 18.1 Å². The van der Waals surface area contributed by atoms with Gasteiger partial charge >= 0.3 is 5.97 Å². The van der Waals surface area contributed by atoms with Crippen LogP contribution >= 0.6 is 0 Å². The number of imidazole rings is 1. The Balaban J connectivity index is 2.29. The van der Waals surface area contributed by atoms with Gasteiger partial charge in [0.15, 0.2) is 0 Å². The number of hydrogen-bond donors (Lipinski definition) is 1. The summed E-state index contributed by atoms with van der Waals surface area (Å²) in [5.41, 5.74) is 2.03. The summed E-state index contributed by atoms with van der Waals surface area (Å²) in [6, 6.07) is 11.0. The molecular formula is C17H15N3O4. The Kier molecular flexibility index (Phi) is 3.76. The average molecular weight is 325 g/mol. The van der Waals surface area contributed by atoms with Gasteiger partial charge in [-0.25, -0.2) is 9.78 Å². The Morgan fingerprint density at radius 3 is 2.62 bits per heavy atom. The molecule has 3 aromatic rings. The van der Waals surface area contributed by atoms with Crippen molar-refractivity contribution in [2.45, 2.75) is 19.8 Å². The van der Waals surface area contributed by atoms with Gasteiger partial charge in [0.2, 0.25) is 0 Å². The lowest BCUT2D eigenvalue weighted by Crippen LogP contribution is -2.03. The fraction of sp³-hybridized carbons (Fsp3) is 0.176. The minimum Gasteiger partial charge on any atom is -0.478 e. The highest BCUT2D eigenvalue weighted by Crippen LogP contribution is 2.28. The number of carboxylic acid groups (broad SMARTS) is 1. The van der Waals surface area contributed by atoms with Crippen LogP contribution in [0.3, 0.4) is 0 Å². The zero-order chi connectivity index (χ0) is 17.4. The van der Waals surface area contributed by atoms with E-state index in [1.54, 1.807) is 18.2 Å². The van der Waals surface area contributed by atoms with Crippen molar-refractivity contribution in [2.24, 2.45) is 0 Å². The number of non-ortho nitro benzene ring substituents is 1. The van der Waals surface area contributed by atoms with Crippen molar-refractivity contribution in [3.63, 3.8) is 0 Å². The number of carbonyl (C=O) groups is 1. The van der Waals surface area contributed by atoms with E-state index in [0.29, 0.717) is 22.5 Å². The van der Waals surface area contributed by atoms with Gasteiger partial charge in [-0.1, -0.05) is 19.9 Å². The van der Waals surface area contributed by atoms with Crippen molar-refractivity contribution in [3.05, 3.63) is 64.0 Å². The Morgan fingerprint density at radius 2 is 2.00 bits per heavy atom. The molecule has 3 rings (SSSR count). The first-order valence-corrected chi connectivity index (χ1v) is 7.39. The molecule has 0 amide bonds. The second-order valence-electron chi connectivity index (χ2n) is 5.75. The van der Waals surface area contributed by atoms with Crippen molar-refractivity contribution in [1.82, 2.24) is 9.55 Å². The molecule has 1 heterocycles. The van der Waals surface area contributed by atoms with E-state index in [1.165, 1.54) is 24.3 Å². The van der Waals surface area contributed by atoms with Crippen molar-refractivity contribution in [1.29, 1.82) is 0 Å². The molecule has 24 heavy (non-hydrogen) atoms. The molecule has 2 aromatic carbocycles. The number of nitro groups is 1. The van der Waals surface area contributed by atoms with E-state index in [1.807, 2.05) is 18.4 Å². The van der Waals surface area contributed by atoms with Crippen LogP contribution in [0.1, 0.15) is 35.9 Å². The fourth-order valence-corrected chi connectivity index (χ4v) is 2.64. The van der Waals surface area contributed by atoms with Gasteiger partial charge in [-0.15, -0.1) is 0 Å². The zero-order valence-electron chi connectivity index (χ0n) is 13.1. The number of fused-ring (bicyclic) bond motifs is 1. The first kappa shape index (κ1) is 15.7. The van der Waals surface area contributed by atoms with E-state index in [-0.39, 0.29) is 17.2 Å². The summed E-state index contributed by atoms with van der Waals surface area (Å²) in [5.74, 6) is -0.245. The van der Waals surface area contributed by atoms with Gasteiger partial charge in [-0.2, -0.15) is 0 Å². The topological polar surface area (TPSA) is 98.3 Å². The molecule has 0 aliphatic carbocycles. The molecule has 0 saturated heterocycles. The molecule has 1 aromatic heterocycles. The van der Waals surface area contributed by atoms with Gasteiger partial charge in [0.25, 0.3) is 5.69 Å². The largest absolute Gasteiger partial charge is 0.478 e. The minimum absolute atomic E-state index is 0.00814. The standard InChI is InChI=1S/C17H15N3O4/c1-10(2)16-18-14-8-11(17(21)22)6-7-15(14)19(16)12-4-3-5-13(9-12)20(23)24/h3-10H,1-2H3,(H,21,22). The van der Waals surface area contributed by atoms with Crippen LogP contribution in [0.5, 0.6) is 0 Å². The predicted octanol–water partition coefficient (Wildman–Crippen LogP) is 3.76. The van der Waals surface area contributed by atoms with Crippen molar-refractivity contribution >= 4 is 22.7 Å². The summed E-state index contributed by atoms with van der Waals surface area (Å²) in [7, 11) is 0. The van der Waals surface area contributed by atoms with Crippen LogP contribution in [0, 0.1) is 10.1 Å². The van der Waals surface area contributed by atoms with E-state index < -0.39 is 10.9 Å². The van der Waals surface area contributed by atoms with Crippen LogP contribution in [-0.2, 0) is 0 Å². The van der Waals surface area contributed by atoms with Gasteiger partial charge in [0.05, 0.1) is 27.2 Å². The molecule has 0 saturated carbocycles. The van der Waals surface area contributed by atoms with Crippen LogP contribution in [0.4, 0.5) is 5.69 Å². The Hall–Kier alpha value is -3.22. The number of rotatable bonds is 4. The Labute approximate surface area is 137 Å². The van der Waals surface area contributed by atoms with Crippen LogP contribution in [-0.4, -0.2) is 25.6 Å². The summed E-state index contributed by atoms with van der Waals surface area (Å²) >= 11 is 0. The SMILES string of the molecule is CC(C)c1nc2cc(C(=O)O)ccc2n1-c1cccc([N+](=O)[O-])c1. The summed E-state index contributed by atoms with van der Waals surface area (Å²) in [4.78, 5) is 26.3. The van der Waals surface area contributed by atoms with Crippen LogP contribution in [0.25, 0.3) is 16.7 Å². The molecule has 1 N–H and O–H groups in total. The first-order valence-electron chi connectivity index (χ1n) is 7.39. The van der Waals surface area contributed by atoms with E-state index in [9.17, 15) is 14.9 Å². The average Bonchev–Trinajstić information content (AvgIpc) is 2.93. The molecule has 0 radical (unpaired) electrons. The number of nitrogens with zero attached hydrogens (tertiary/aromatic N) is 3. The molecule has 0 fully saturated rings. The van der Waals surface area contributed by atoms with E-state index in [0.717, 1.165) is 0 Å². The molecule has 0 aliphatic rings. The maximum atomic E-state index is 11.2. The van der Waals surface area contributed by atoms with Gasteiger partial charge in [-0.05, 0) is 24.3 Å². The molecule has 0 atom stereocenters. The summed E-state index contributed by atoms with van der Waals surface area (Å²) in [6.07, 6.45) is 0. The molecule has 122 valence electrons. The molecule has 0 bridgehead atoms. The maximum absolute atomic E-state index is 11.2. The lowest BCUT2D eigenvalue weighted by atomic mass is 10.2. The molecule has 7 heteroatoms. The smallest absolute Gasteiger partial charge is 0.335 e. The third-order valence-corrected chi connectivity index (χ3v) is 3.74. The van der Waals surface area contributed by atoms with Crippen molar-refractivity contribution in [3.8, 4) is 5.69 Å². The number of aromatic carboxylic acids is 1. The minimum atomic E-state index is -1.02. The second kappa shape index (κ2) is 5.77. The van der Waals surface area contributed by atoms with Crippen LogP contribution in [0.2, 0.25) is 0 Å². The lowest BCUT2D eigenvalue weighted by molar-refractivity contribution is -0.384. The summed E-state index contributed by atoms with van der Waals surface area (Å²) in [6.45, 7) is 3.93. The summed E-state index contributed by atoms with van der Waals surface area (Å²) in [5, 5.41) is 20.2. The lowest BCUT2D eigenvalue weighted by Gasteiger charge is -2.11. The molecule has 7 nitrogen and oxygen atoms in total. The van der Waals surface area contributed by atoms with E-state index in [2.05, 4.69) is 4.98 Å². The molecule has 0 aliphatic heterocycles. The molecule has 0 unspecified atom stereocenters. The third-order valence-electron chi connectivity index (χ3n) is 3.74. The highest BCUT2D eigenvalue weighted by molar-refractivity contribution is 5.93. The number of nitro benzene ring substituents is 1. The molecule has 0 spiro atoms. The van der Waals surface area contributed by atoms with Crippen LogP contribution < -0.4 is 0 Å². The monoisotopic (exact) mass is 325 g/mol. The van der Waals surface area contributed by atoms with E-state index >= 15 is 0 Å². The zero-order valence-corrected chi connectivity index (χ0v) is 13.1. The van der Waals surface area contributed by atoms with Gasteiger partial charge < -0.3 is 5.11 Å². The van der Waals surface area contributed by atoms with Gasteiger partial charge in [-0.3, -0.25) is 14.7 Å². The number of benzene rings is 2. The number of hydrogen-bond acceptors (Lipinski definition) is 4. The van der Waals surface area contributed by atoms with E-state index in [4.69, 9.17) is 5.11 Å². The van der Waals surface area contributed by atoms with Crippen molar-refractivity contribution < 1.29 is 14.8 Å². The molecular weight excluding hydrogens is 310 g/mol. The van der Waals surface area contributed by atoms with Crippen LogP contribution in [0.15, 0.2) is 42.5 Å². The third kappa shape index (κ3) is 2.60. The number of aromatic nitrogens is 2. The highest BCUT2D eigenvalue weighted by atomic mass is 16.6. The number of carboxylic acids is 1. The maximum Gasteiger partial charge on any atom is 0.335 e. The fourth-order valence-electron chi connectivity index (χ4n) is 2.64. The Morgan fingerprint density at radius 1 is 1.25 bits per heavy atom. The van der Waals surface area contributed by atoms with Crippen molar-refractivity contribution in [2.75, 3.05) is 0 Å². The first-order chi connectivity index (χ1) is 11.4. The highest BCUT2D eigenvalue weighted by Gasteiger charge is 2.18. The predicted molar refractivity (Wildman–Crippen MR) is 88.8 cm³/mol. The normalized spacial score (nSPS) is 11.1. The second-order valence-corrected chi connectivity index (χ2v) is 5.75. The Bertz CT molecular complexity index is 960.